The van der Waals surface area contributed by atoms with Crippen LogP contribution in [0.4, 0.5) is 4.79 Å². The number of benzene rings is 1. The molecule has 0 aliphatic carbocycles. The molecule has 2 amide bonds. The molecule has 0 fully saturated rings. The van der Waals surface area contributed by atoms with Crippen LogP contribution in [0.1, 0.15) is 5.56 Å². The largest absolute Gasteiger partial charge is 0.431 e. The first-order chi connectivity index (χ1) is 9.08. The summed E-state index contributed by atoms with van der Waals surface area (Å²) in [6, 6.07) is 8.80. The van der Waals surface area contributed by atoms with Crippen LogP contribution in [-0.4, -0.2) is 37.4 Å². The van der Waals surface area contributed by atoms with E-state index >= 15 is 0 Å². The van der Waals surface area contributed by atoms with Crippen molar-refractivity contribution in [2.75, 3.05) is 14.1 Å². The Labute approximate surface area is 110 Å². The molecule has 1 radical (unpaired) electrons. The van der Waals surface area contributed by atoms with E-state index in [9.17, 15) is 14.4 Å². The van der Waals surface area contributed by atoms with E-state index in [1.165, 1.54) is 26.5 Å². The van der Waals surface area contributed by atoms with Gasteiger partial charge < -0.3 is 10.2 Å². The fourth-order valence-electron chi connectivity index (χ4n) is 1.23. The molecule has 0 unspecified atom stereocenters. The first-order valence-corrected chi connectivity index (χ1v) is 5.41. The minimum absolute atomic E-state index is 0.238. The summed E-state index contributed by atoms with van der Waals surface area (Å²) >= 11 is 0. The summed E-state index contributed by atoms with van der Waals surface area (Å²) in [5.41, 5.74) is 0.431. The molecule has 0 aromatic heterocycles. The van der Waals surface area contributed by atoms with Gasteiger partial charge in [-0.05, 0) is 11.6 Å². The molecule has 99 valence electrons. The van der Waals surface area contributed by atoms with Crippen LogP contribution in [0.5, 0.6) is 0 Å². The lowest BCUT2D eigenvalue weighted by Gasteiger charge is -2.15. The molecule has 6 heteroatoms. The Morgan fingerprint density at radius 1 is 1.32 bits per heavy atom. The molecule has 6 nitrogen and oxygen atoms in total. The first-order valence-electron chi connectivity index (χ1n) is 5.41. The second-order valence-electron chi connectivity index (χ2n) is 3.50. The lowest BCUT2D eigenvalue weighted by atomic mass is 10.1. The minimum atomic E-state index is -0.805. The van der Waals surface area contributed by atoms with Gasteiger partial charge in [0, 0.05) is 14.1 Å². The molecule has 1 aromatic rings. The Morgan fingerprint density at radius 2 is 1.95 bits per heavy atom. The number of hydrogen-bond acceptors (Lipinski definition) is 4. The van der Waals surface area contributed by atoms with Crippen molar-refractivity contribution in [3.63, 3.8) is 0 Å². The summed E-state index contributed by atoms with van der Waals surface area (Å²) in [5, 5.41) is 2.85. The van der Waals surface area contributed by atoms with Crippen molar-refractivity contribution in [3.8, 4) is 0 Å². The van der Waals surface area contributed by atoms with Gasteiger partial charge in [0.15, 0.2) is 0 Å². The van der Waals surface area contributed by atoms with Crippen LogP contribution in [0.2, 0.25) is 0 Å². The lowest BCUT2D eigenvalue weighted by molar-refractivity contribution is -0.154. The lowest BCUT2D eigenvalue weighted by Crippen LogP contribution is -2.34. The fourth-order valence-corrected chi connectivity index (χ4v) is 1.23. The predicted octanol–water partition coefficient (Wildman–Crippen LogP) is 0.909. The fraction of sp³-hybridized carbons (Fsp3) is 0.154. The number of hydrogen-bond donors (Lipinski definition) is 1. The summed E-state index contributed by atoms with van der Waals surface area (Å²) in [6.45, 7) is 0. The number of nitrogens with one attached hydrogen (secondary N) is 1. The standard InChI is InChI=1S/C13H13N2O4/c1-14-13(18)19-15(2)12(17)11(9-16)8-10-6-4-3-5-7-10/h3-8H,1-2H3,(H,14,18). The number of hydroxylamine groups is 2. The third-order valence-electron chi connectivity index (χ3n) is 2.16. The van der Waals surface area contributed by atoms with Crippen LogP contribution < -0.4 is 5.32 Å². The quantitative estimate of drug-likeness (QED) is 0.380. The molecule has 0 aliphatic rings. The maximum absolute atomic E-state index is 11.8. The van der Waals surface area contributed by atoms with Crippen molar-refractivity contribution in [1.29, 1.82) is 0 Å². The number of rotatable bonds is 3. The molecule has 0 saturated heterocycles. The van der Waals surface area contributed by atoms with Gasteiger partial charge in [0.25, 0.3) is 5.91 Å². The molecular weight excluding hydrogens is 248 g/mol. The number of carbonyl (C=O) groups is 2. The van der Waals surface area contributed by atoms with Gasteiger partial charge in [-0.2, -0.15) is 5.06 Å². The zero-order chi connectivity index (χ0) is 14.3. The van der Waals surface area contributed by atoms with Crippen molar-refractivity contribution in [3.05, 3.63) is 41.5 Å². The summed E-state index contributed by atoms with van der Waals surface area (Å²) in [7, 11) is 2.58. The van der Waals surface area contributed by atoms with Gasteiger partial charge in [0.05, 0.1) is 5.57 Å². The van der Waals surface area contributed by atoms with Gasteiger partial charge >= 0.3 is 6.09 Å². The third kappa shape index (κ3) is 4.27. The Balaban J connectivity index is 2.85. The normalized spacial score (nSPS) is 10.5. The average molecular weight is 261 g/mol. The summed E-state index contributed by atoms with van der Waals surface area (Å²) in [5.74, 6) is -0.762. The van der Waals surface area contributed by atoms with E-state index in [0.29, 0.717) is 10.6 Å². The van der Waals surface area contributed by atoms with E-state index < -0.39 is 12.0 Å². The molecular formula is C13H13N2O4. The molecule has 0 spiro atoms. The summed E-state index contributed by atoms with van der Waals surface area (Å²) in [6.07, 6.45) is 2.09. The van der Waals surface area contributed by atoms with E-state index in [0.717, 1.165) is 0 Å². The van der Waals surface area contributed by atoms with Gasteiger partial charge in [0.1, 0.15) is 0 Å². The van der Waals surface area contributed by atoms with Crippen LogP contribution in [0.25, 0.3) is 6.08 Å². The first kappa shape index (κ1) is 14.4. The highest BCUT2D eigenvalue weighted by Crippen LogP contribution is 2.07. The van der Waals surface area contributed by atoms with E-state index in [1.54, 1.807) is 24.3 Å². The molecule has 1 N–H and O–H groups in total. The highest BCUT2D eigenvalue weighted by Gasteiger charge is 2.18. The van der Waals surface area contributed by atoms with Crippen LogP contribution in [-0.2, 0) is 14.4 Å². The van der Waals surface area contributed by atoms with Crippen molar-refractivity contribution < 1.29 is 19.2 Å². The molecule has 0 heterocycles. The maximum Gasteiger partial charge on any atom is 0.431 e. The predicted molar refractivity (Wildman–Crippen MR) is 68.4 cm³/mol. The molecule has 0 atom stereocenters. The highest BCUT2D eigenvalue weighted by molar-refractivity contribution is 6.14. The van der Waals surface area contributed by atoms with Gasteiger partial charge in [-0.15, -0.1) is 0 Å². The van der Waals surface area contributed by atoms with Crippen molar-refractivity contribution in [2.45, 2.75) is 0 Å². The summed E-state index contributed by atoms with van der Waals surface area (Å²) in [4.78, 5) is 38.2. The van der Waals surface area contributed by atoms with Crippen LogP contribution >= 0.6 is 0 Å². The number of amides is 2. The Morgan fingerprint density at radius 3 is 2.47 bits per heavy atom. The Hall–Kier alpha value is -2.63. The molecule has 1 aromatic carbocycles. The second-order valence-corrected chi connectivity index (χ2v) is 3.50. The number of likely N-dealkylation sites (N-methyl/N-ethyl adjacent to an activating group) is 1. The van der Waals surface area contributed by atoms with Gasteiger partial charge in [-0.25, -0.2) is 4.79 Å². The topological polar surface area (TPSA) is 75.7 Å². The SMILES string of the molecule is CNC(=O)ON(C)C(=O)C([C]=O)=Cc1ccccc1. The number of carbonyl (C=O) groups excluding carboxylic acids is 3. The zero-order valence-electron chi connectivity index (χ0n) is 10.5. The van der Waals surface area contributed by atoms with Crippen molar-refractivity contribution >= 4 is 24.4 Å². The van der Waals surface area contributed by atoms with Gasteiger partial charge in [0.2, 0.25) is 6.29 Å². The summed E-state index contributed by atoms with van der Waals surface area (Å²) < 4.78 is 0. The van der Waals surface area contributed by atoms with E-state index in [-0.39, 0.29) is 5.57 Å². The monoisotopic (exact) mass is 261 g/mol. The van der Waals surface area contributed by atoms with Gasteiger partial charge in [-0.1, -0.05) is 30.3 Å². The molecule has 0 bridgehead atoms. The Bertz CT molecular complexity index is 497. The smallest absolute Gasteiger partial charge is 0.323 e. The van der Waals surface area contributed by atoms with E-state index in [1.807, 2.05) is 6.07 Å². The Kier molecular flexibility index (Phi) is 5.28. The molecule has 0 saturated carbocycles. The van der Waals surface area contributed by atoms with Crippen molar-refractivity contribution in [1.82, 2.24) is 10.4 Å². The minimum Gasteiger partial charge on any atom is -0.323 e. The van der Waals surface area contributed by atoms with Crippen LogP contribution in [0.3, 0.4) is 0 Å². The number of nitrogens with zero attached hydrogens (tertiary/aromatic N) is 1. The van der Waals surface area contributed by atoms with E-state index in [4.69, 9.17) is 0 Å². The van der Waals surface area contributed by atoms with Crippen LogP contribution in [0.15, 0.2) is 35.9 Å². The third-order valence-corrected chi connectivity index (χ3v) is 2.16. The van der Waals surface area contributed by atoms with Gasteiger partial charge in [-0.3, -0.25) is 9.59 Å². The van der Waals surface area contributed by atoms with Crippen molar-refractivity contribution in [2.24, 2.45) is 0 Å². The highest BCUT2D eigenvalue weighted by atomic mass is 16.7. The zero-order valence-corrected chi connectivity index (χ0v) is 10.5. The maximum atomic E-state index is 11.8. The van der Waals surface area contributed by atoms with E-state index in [2.05, 4.69) is 10.2 Å². The van der Waals surface area contributed by atoms with Crippen LogP contribution in [0, 0.1) is 0 Å². The average Bonchev–Trinajstić information content (AvgIpc) is 2.44. The molecule has 0 aliphatic heterocycles. The molecule has 19 heavy (non-hydrogen) atoms. The second kappa shape index (κ2) is 6.95. The molecule has 1 rings (SSSR count).